The van der Waals surface area contributed by atoms with Crippen LogP contribution in [0.1, 0.15) is 75.5 Å². The second kappa shape index (κ2) is 8.13. The lowest BCUT2D eigenvalue weighted by Gasteiger charge is -2.46. The van der Waals surface area contributed by atoms with Gasteiger partial charge in [0.25, 0.3) is 0 Å². The summed E-state index contributed by atoms with van der Waals surface area (Å²) in [4.78, 5) is 9.39. The number of piperazine rings is 1. The van der Waals surface area contributed by atoms with Gasteiger partial charge in [-0.05, 0) is 69.1 Å². The Labute approximate surface area is 193 Å². The lowest BCUT2D eigenvalue weighted by atomic mass is 9.71. The van der Waals surface area contributed by atoms with Crippen molar-refractivity contribution in [2.24, 2.45) is 4.99 Å². The third kappa shape index (κ3) is 3.39. The van der Waals surface area contributed by atoms with Crippen LogP contribution < -0.4 is 0 Å². The second-order valence-electron chi connectivity index (χ2n) is 10.4. The molecule has 0 bridgehead atoms. The molecule has 4 nitrogen and oxygen atoms in total. The van der Waals surface area contributed by atoms with Crippen molar-refractivity contribution in [3.05, 3.63) is 70.9 Å². The maximum atomic E-state index is 10.9. The normalized spacial score (nSPS) is 22.9. The van der Waals surface area contributed by atoms with Gasteiger partial charge in [-0.1, -0.05) is 44.2 Å². The molecule has 32 heavy (non-hydrogen) atoms. The van der Waals surface area contributed by atoms with E-state index in [0.29, 0.717) is 11.7 Å². The molecule has 0 unspecified atom stereocenters. The van der Waals surface area contributed by atoms with E-state index < -0.39 is 0 Å². The van der Waals surface area contributed by atoms with Crippen LogP contribution >= 0.6 is 0 Å². The first-order valence-electron chi connectivity index (χ1n) is 12.5. The van der Waals surface area contributed by atoms with E-state index in [1.54, 1.807) is 16.7 Å². The van der Waals surface area contributed by atoms with E-state index in [-0.39, 0.29) is 11.2 Å². The summed E-state index contributed by atoms with van der Waals surface area (Å²) in [5.41, 5.74) is 7.05. The molecule has 1 aromatic carbocycles. The highest BCUT2D eigenvalue weighted by Crippen LogP contribution is 2.48. The molecule has 1 saturated heterocycles. The van der Waals surface area contributed by atoms with Crippen molar-refractivity contribution in [3.8, 4) is 0 Å². The molecule has 1 saturated carbocycles. The Morgan fingerprint density at radius 3 is 2.56 bits per heavy atom. The zero-order valence-electron chi connectivity index (χ0n) is 19.8. The van der Waals surface area contributed by atoms with Gasteiger partial charge in [-0.25, -0.2) is 4.99 Å². The summed E-state index contributed by atoms with van der Waals surface area (Å²) < 4.78 is 0. The highest BCUT2D eigenvalue weighted by Gasteiger charge is 2.43. The monoisotopic (exact) mass is 431 g/mol. The predicted molar refractivity (Wildman–Crippen MR) is 132 cm³/mol. The Morgan fingerprint density at radius 1 is 1.06 bits per heavy atom. The van der Waals surface area contributed by atoms with Crippen molar-refractivity contribution >= 4 is 5.84 Å². The van der Waals surface area contributed by atoms with Gasteiger partial charge >= 0.3 is 0 Å². The lowest BCUT2D eigenvalue weighted by Crippen LogP contribution is -2.50. The summed E-state index contributed by atoms with van der Waals surface area (Å²) in [6.45, 7) is 14.5. The molecular formula is C28H37N3O. The van der Waals surface area contributed by atoms with Crippen molar-refractivity contribution in [1.29, 1.82) is 0 Å². The molecule has 0 aromatic heterocycles. The van der Waals surface area contributed by atoms with E-state index in [0.717, 1.165) is 36.7 Å². The molecule has 170 valence electrons. The Bertz CT molecular complexity index is 1010. The Morgan fingerprint density at radius 2 is 1.81 bits per heavy atom. The quantitative estimate of drug-likeness (QED) is 0.635. The van der Waals surface area contributed by atoms with Crippen molar-refractivity contribution in [2.45, 2.75) is 83.1 Å². The van der Waals surface area contributed by atoms with Crippen molar-refractivity contribution in [2.75, 3.05) is 13.1 Å². The molecule has 0 spiro atoms. The molecule has 0 amide bonds. The number of rotatable bonds is 4. The zero-order valence-corrected chi connectivity index (χ0v) is 19.8. The van der Waals surface area contributed by atoms with Crippen molar-refractivity contribution in [3.63, 3.8) is 0 Å². The fourth-order valence-corrected chi connectivity index (χ4v) is 6.55. The molecule has 1 N–H and O–H groups in total. The van der Waals surface area contributed by atoms with Gasteiger partial charge in [-0.2, -0.15) is 0 Å². The number of fused-ring (bicyclic) bond motifs is 2. The van der Waals surface area contributed by atoms with Crippen LogP contribution in [-0.2, 0) is 18.3 Å². The number of hydrogen-bond acceptors (Lipinski definition) is 4. The average molecular weight is 432 g/mol. The van der Waals surface area contributed by atoms with Crippen LogP contribution in [0.4, 0.5) is 0 Å². The fourth-order valence-electron chi connectivity index (χ4n) is 6.55. The summed E-state index contributed by atoms with van der Waals surface area (Å²) in [6, 6.07) is 7.37. The first-order valence-corrected chi connectivity index (χ1v) is 12.5. The number of benzene rings is 1. The summed E-state index contributed by atoms with van der Waals surface area (Å²) in [6.07, 6.45) is 10.9. The number of nitrogens with zero attached hydrogens (tertiary/aromatic N) is 3. The molecule has 2 aliphatic heterocycles. The molecule has 0 atom stereocenters. The third-order valence-corrected chi connectivity index (χ3v) is 8.18. The fraction of sp³-hybridized carbons (Fsp3) is 0.536. The van der Waals surface area contributed by atoms with E-state index in [1.165, 1.54) is 51.4 Å². The lowest BCUT2D eigenvalue weighted by molar-refractivity contribution is 0.215. The highest BCUT2D eigenvalue weighted by atomic mass is 16.3. The van der Waals surface area contributed by atoms with Gasteiger partial charge < -0.3 is 14.9 Å². The van der Waals surface area contributed by atoms with Gasteiger partial charge in [0, 0.05) is 31.0 Å². The minimum absolute atomic E-state index is 0.135. The minimum atomic E-state index is 0.135. The maximum absolute atomic E-state index is 10.9. The molecule has 5 rings (SSSR count). The predicted octanol–water partition coefficient (Wildman–Crippen LogP) is 6.00. The summed E-state index contributed by atoms with van der Waals surface area (Å²) in [7, 11) is 0. The SMILES string of the molecule is C=C1N=C(CC2(c3cccc4c3CCCC4)CCCC2)N2CCN(C(C)C)C(=C)C2=C1O. The summed E-state index contributed by atoms with van der Waals surface area (Å²) in [5.74, 6) is 1.24. The van der Waals surface area contributed by atoms with Crippen molar-refractivity contribution in [1.82, 2.24) is 9.80 Å². The summed E-state index contributed by atoms with van der Waals surface area (Å²) >= 11 is 0. The molecule has 4 heteroatoms. The topological polar surface area (TPSA) is 39.1 Å². The van der Waals surface area contributed by atoms with Gasteiger partial charge in [-0.3, -0.25) is 0 Å². The maximum Gasteiger partial charge on any atom is 0.166 e. The van der Waals surface area contributed by atoms with Crippen LogP contribution in [0.15, 0.2) is 59.2 Å². The van der Waals surface area contributed by atoms with E-state index in [9.17, 15) is 5.11 Å². The standard InChI is InChI=1S/C28H37N3O/c1-19(2)30-16-17-31-25(29-20(3)27(32)26(31)21(30)4)18-28(14-7-8-15-28)24-13-9-11-22-10-5-6-12-23(22)24/h9,11,13,19,32H,3-8,10,12,14-18H2,1-2H3. The molecule has 2 aliphatic carbocycles. The number of aliphatic hydroxyl groups is 1. The Hall–Kier alpha value is -2.49. The van der Waals surface area contributed by atoms with E-state index in [4.69, 9.17) is 4.99 Å². The molecular weight excluding hydrogens is 394 g/mol. The third-order valence-electron chi connectivity index (χ3n) is 8.18. The van der Waals surface area contributed by atoms with Crippen LogP contribution in [0, 0.1) is 0 Å². The molecule has 4 aliphatic rings. The molecule has 2 heterocycles. The average Bonchev–Trinajstić information content (AvgIpc) is 3.26. The van der Waals surface area contributed by atoms with Gasteiger partial charge in [0.1, 0.15) is 17.2 Å². The van der Waals surface area contributed by atoms with Crippen LogP contribution in [0.2, 0.25) is 0 Å². The number of aryl methyl sites for hydroxylation is 1. The molecule has 2 fully saturated rings. The molecule has 1 aromatic rings. The van der Waals surface area contributed by atoms with Crippen molar-refractivity contribution < 1.29 is 5.11 Å². The number of aliphatic hydroxyl groups excluding tert-OH is 1. The molecule has 0 radical (unpaired) electrons. The smallest absolute Gasteiger partial charge is 0.166 e. The van der Waals surface area contributed by atoms with Crippen LogP contribution in [0.5, 0.6) is 0 Å². The van der Waals surface area contributed by atoms with Crippen LogP contribution in [0.3, 0.4) is 0 Å². The van der Waals surface area contributed by atoms with Gasteiger partial charge in [0.15, 0.2) is 5.76 Å². The first kappa shape index (κ1) is 21.4. The number of amidine groups is 1. The highest BCUT2D eigenvalue weighted by molar-refractivity contribution is 5.89. The number of aliphatic imine (C=N–C) groups is 1. The van der Waals surface area contributed by atoms with E-state index >= 15 is 0 Å². The number of hydrogen-bond donors (Lipinski definition) is 1. The summed E-state index contributed by atoms with van der Waals surface area (Å²) in [5, 5.41) is 10.9. The van der Waals surface area contributed by atoms with Gasteiger partial charge in [-0.15, -0.1) is 0 Å². The minimum Gasteiger partial charge on any atom is -0.504 e. The van der Waals surface area contributed by atoms with E-state index in [1.807, 2.05) is 0 Å². The van der Waals surface area contributed by atoms with E-state index in [2.05, 4.69) is 55.0 Å². The largest absolute Gasteiger partial charge is 0.504 e. The van der Waals surface area contributed by atoms with Gasteiger partial charge in [0.05, 0.1) is 5.70 Å². The Kier molecular flexibility index (Phi) is 5.43. The first-order chi connectivity index (χ1) is 15.4. The second-order valence-corrected chi connectivity index (χ2v) is 10.4. The zero-order chi connectivity index (χ0) is 22.5. The Balaban J connectivity index is 1.52. The van der Waals surface area contributed by atoms with Crippen LogP contribution in [-0.4, -0.2) is 39.9 Å². The van der Waals surface area contributed by atoms with Gasteiger partial charge in [0.2, 0.25) is 0 Å². The van der Waals surface area contributed by atoms with Crippen LogP contribution in [0.25, 0.3) is 0 Å².